The average Bonchev–Trinajstić information content (AvgIpc) is 3.11. The highest BCUT2D eigenvalue weighted by molar-refractivity contribution is 6.37. The number of rotatable bonds is 4. The molecule has 0 aliphatic heterocycles. The van der Waals surface area contributed by atoms with Gasteiger partial charge in [-0.05, 0) is 54.6 Å². The van der Waals surface area contributed by atoms with Gasteiger partial charge in [0.15, 0.2) is 5.58 Å². The molecule has 0 bridgehead atoms. The second kappa shape index (κ2) is 7.95. The number of ether oxygens (including phenoxy) is 1. The van der Waals surface area contributed by atoms with Crippen LogP contribution < -0.4 is 10.1 Å². The summed E-state index contributed by atoms with van der Waals surface area (Å²) in [5.41, 5.74) is 2.76. The molecule has 0 radical (unpaired) electrons. The highest BCUT2D eigenvalue weighted by atomic mass is 35.5. The number of carbonyl (C=O) groups is 1. The lowest BCUT2D eigenvalue weighted by Gasteiger charge is -2.06. The number of amides is 1. The number of nitrogens with zero attached hydrogens (tertiary/aromatic N) is 1. The van der Waals surface area contributed by atoms with Gasteiger partial charge in [0.2, 0.25) is 5.89 Å². The molecule has 1 heterocycles. The quantitative estimate of drug-likeness (QED) is 0.377. The van der Waals surface area contributed by atoms with Gasteiger partial charge in [-0.1, -0.05) is 34.8 Å². The fourth-order valence-electron chi connectivity index (χ4n) is 2.80. The number of fused-ring (bicyclic) bond motifs is 1. The highest BCUT2D eigenvalue weighted by Crippen LogP contribution is 2.32. The molecular weight excluding hydrogens is 435 g/mol. The van der Waals surface area contributed by atoms with E-state index in [9.17, 15) is 4.79 Å². The molecule has 8 heteroatoms. The maximum Gasteiger partial charge on any atom is 0.257 e. The largest absolute Gasteiger partial charge is 0.495 e. The summed E-state index contributed by atoms with van der Waals surface area (Å²) in [6.45, 7) is 0. The standard InChI is InChI=1S/C21H13Cl3N2O3/c1-28-18-6-2-11(8-16(18)24)21-26-17-10-13(4-7-19(17)29-21)25-20(27)14-5-3-12(22)9-15(14)23/h2-10H,1H3,(H,25,27). The van der Waals surface area contributed by atoms with Crippen LogP contribution in [0.3, 0.4) is 0 Å². The maximum atomic E-state index is 12.5. The third kappa shape index (κ3) is 4.03. The topological polar surface area (TPSA) is 64.4 Å². The number of carbonyl (C=O) groups excluding carboxylic acids is 1. The molecule has 0 aliphatic carbocycles. The molecule has 1 aromatic heterocycles. The summed E-state index contributed by atoms with van der Waals surface area (Å²) in [5.74, 6) is 0.628. The molecule has 4 aromatic rings. The predicted octanol–water partition coefficient (Wildman–Crippen LogP) is 6.72. The maximum absolute atomic E-state index is 12.5. The number of methoxy groups -OCH3 is 1. The van der Waals surface area contributed by atoms with Gasteiger partial charge in [-0.2, -0.15) is 0 Å². The normalized spacial score (nSPS) is 10.9. The summed E-state index contributed by atoms with van der Waals surface area (Å²) in [7, 11) is 1.55. The summed E-state index contributed by atoms with van der Waals surface area (Å²) >= 11 is 18.2. The van der Waals surface area contributed by atoms with E-state index >= 15 is 0 Å². The van der Waals surface area contributed by atoms with Crippen molar-refractivity contribution in [2.45, 2.75) is 0 Å². The first-order valence-electron chi connectivity index (χ1n) is 8.45. The second-order valence-corrected chi connectivity index (χ2v) is 7.38. The Labute approximate surface area is 181 Å². The van der Waals surface area contributed by atoms with Crippen molar-refractivity contribution in [3.05, 3.63) is 75.2 Å². The zero-order valence-corrected chi connectivity index (χ0v) is 17.3. The Hall–Kier alpha value is -2.73. The second-order valence-electron chi connectivity index (χ2n) is 6.13. The number of hydrogen-bond donors (Lipinski definition) is 1. The molecule has 0 aliphatic rings. The Morgan fingerprint density at radius 1 is 1.00 bits per heavy atom. The van der Waals surface area contributed by atoms with E-state index in [2.05, 4.69) is 10.3 Å². The zero-order chi connectivity index (χ0) is 20.5. The number of aromatic nitrogens is 1. The molecule has 0 unspecified atom stereocenters. The summed E-state index contributed by atoms with van der Waals surface area (Å²) in [4.78, 5) is 17.0. The van der Waals surface area contributed by atoms with E-state index < -0.39 is 0 Å². The van der Waals surface area contributed by atoms with Gasteiger partial charge in [0, 0.05) is 16.3 Å². The minimum atomic E-state index is -0.350. The van der Waals surface area contributed by atoms with Crippen LogP contribution in [0.4, 0.5) is 5.69 Å². The number of hydrogen-bond acceptors (Lipinski definition) is 4. The molecule has 0 atom stereocenters. The number of benzene rings is 3. The Bertz CT molecular complexity index is 1240. The Morgan fingerprint density at radius 2 is 1.83 bits per heavy atom. The zero-order valence-electron chi connectivity index (χ0n) is 15.0. The van der Waals surface area contributed by atoms with Gasteiger partial charge in [-0.15, -0.1) is 0 Å². The van der Waals surface area contributed by atoms with Crippen LogP contribution in [0.15, 0.2) is 59.0 Å². The van der Waals surface area contributed by atoms with Crippen LogP contribution in [-0.2, 0) is 0 Å². The van der Waals surface area contributed by atoms with Crippen molar-refractivity contribution >= 4 is 57.5 Å². The number of nitrogens with one attached hydrogen (secondary N) is 1. The smallest absolute Gasteiger partial charge is 0.257 e. The van der Waals surface area contributed by atoms with E-state index in [0.717, 1.165) is 0 Å². The number of anilines is 1. The van der Waals surface area contributed by atoms with Crippen LogP contribution in [0.25, 0.3) is 22.6 Å². The lowest BCUT2D eigenvalue weighted by Crippen LogP contribution is -2.12. The minimum Gasteiger partial charge on any atom is -0.495 e. The molecule has 1 N–H and O–H groups in total. The van der Waals surface area contributed by atoms with Crippen LogP contribution in [-0.4, -0.2) is 18.0 Å². The first kappa shape index (κ1) is 19.6. The van der Waals surface area contributed by atoms with Gasteiger partial charge in [0.1, 0.15) is 11.3 Å². The van der Waals surface area contributed by atoms with Gasteiger partial charge >= 0.3 is 0 Å². The van der Waals surface area contributed by atoms with Crippen molar-refractivity contribution in [2.24, 2.45) is 0 Å². The molecule has 0 saturated heterocycles. The van der Waals surface area contributed by atoms with E-state index in [-0.39, 0.29) is 10.9 Å². The van der Waals surface area contributed by atoms with Crippen molar-refractivity contribution in [3.8, 4) is 17.2 Å². The first-order valence-corrected chi connectivity index (χ1v) is 9.59. The van der Waals surface area contributed by atoms with Crippen molar-refractivity contribution in [2.75, 3.05) is 12.4 Å². The van der Waals surface area contributed by atoms with Crippen LogP contribution >= 0.6 is 34.8 Å². The molecule has 0 fully saturated rings. The monoisotopic (exact) mass is 446 g/mol. The summed E-state index contributed by atoms with van der Waals surface area (Å²) < 4.78 is 11.0. The van der Waals surface area contributed by atoms with E-state index in [0.29, 0.717) is 49.6 Å². The molecule has 0 saturated carbocycles. The SMILES string of the molecule is COc1ccc(-c2nc3cc(NC(=O)c4ccc(Cl)cc4Cl)ccc3o2)cc1Cl. The lowest BCUT2D eigenvalue weighted by atomic mass is 10.2. The minimum absolute atomic E-state index is 0.274. The van der Waals surface area contributed by atoms with E-state index in [1.165, 1.54) is 6.07 Å². The molecule has 3 aromatic carbocycles. The highest BCUT2D eigenvalue weighted by Gasteiger charge is 2.14. The summed E-state index contributed by atoms with van der Waals surface area (Å²) in [6, 6.07) is 15.1. The lowest BCUT2D eigenvalue weighted by molar-refractivity contribution is 0.102. The average molecular weight is 448 g/mol. The van der Waals surface area contributed by atoms with E-state index in [1.54, 1.807) is 55.6 Å². The molecule has 146 valence electrons. The molecular formula is C21H13Cl3N2O3. The molecule has 1 amide bonds. The summed E-state index contributed by atoms with van der Waals surface area (Å²) in [6.07, 6.45) is 0. The van der Waals surface area contributed by atoms with Crippen molar-refractivity contribution in [3.63, 3.8) is 0 Å². The number of oxazole rings is 1. The van der Waals surface area contributed by atoms with E-state index in [4.69, 9.17) is 44.0 Å². The Kier molecular flexibility index (Phi) is 5.37. The van der Waals surface area contributed by atoms with Gasteiger partial charge in [0.25, 0.3) is 5.91 Å². The van der Waals surface area contributed by atoms with Gasteiger partial charge < -0.3 is 14.5 Å². The molecule has 29 heavy (non-hydrogen) atoms. The van der Waals surface area contributed by atoms with E-state index in [1.807, 2.05) is 0 Å². The third-order valence-electron chi connectivity index (χ3n) is 4.22. The Morgan fingerprint density at radius 3 is 2.55 bits per heavy atom. The fourth-order valence-corrected chi connectivity index (χ4v) is 3.55. The third-order valence-corrected chi connectivity index (χ3v) is 5.06. The van der Waals surface area contributed by atoms with Gasteiger partial charge in [-0.3, -0.25) is 4.79 Å². The molecule has 5 nitrogen and oxygen atoms in total. The van der Waals surface area contributed by atoms with Gasteiger partial charge in [-0.25, -0.2) is 4.98 Å². The predicted molar refractivity (Wildman–Crippen MR) is 115 cm³/mol. The molecule has 0 spiro atoms. The first-order chi connectivity index (χ1) is 13.9. The molecule has 4 rings (SSSR count). The van der Waals surface area contributed by atoms with Crippen LogP contribution in [0.2, 0.25) is 15.1 Å². The van der Waals surface area contributed by atoms with Crippen LogP contribution in [0.5, 0.6) is 5.75 Å². The Balaban J connectivity index is 1.61. The van der Waals surface area contributed by atoms with Crippen molar-refractivity contribution in [1.82, 2.24) is 4.98 Å². The van der Waals surface area contributed by atoms with Crippen LogP contribution in [0, 0.1) is 0 Å². The van der Waals surface area contributed by atoms with Crippen molar-refractivity contribution in [1.29, 1.82) is 0 Å². The van der Waals surface area contributed by atoms with Gasteiger partial charge in [0.05, 0.1) is 22.7 Å². The number of halogens is 3. The van der Waals surface area contributed by atoms with Crippen molar-refractivity contribution < 1.29 is 13.9 Å². The summed E-state index contributed by atoms with van der Waals surface area (Å²) in [5, 5.41) is 3.99. The van der Waals surface area contributed by atoms with Crippen LogP contribution in [0.1, 0.15) is 10.4 Å². The fraction of sp³-hybridized carbons (Fsp3) is 0.0476.